The molecule has 2 aromatic rings. The van der Waals surface area contributed by atoms with E-state index in [-0.39, 0.29) is 33.2 Å². The van der Waals surface area contributed by atoms with Crippen LogP contribution in [-0.2, 0) is 31.7 Å². The molecule has 0 aromatic heterocycles. The topological polar surface area (TPSA) is 46.2 Å². The third-order valence-electron chi connectivity index (χ3n) is 5.27. The van der Waals surface area contributed by atoms with Crippen LogP contribution in [-0.4, -0.2) is 14.2 Å². The first-order valence-electron chi connectivity index (χ1n) is 10.8. The minimum atomic E-state index is -3.72. The Balaban J connectivity index is 0.00000480. The third kappa shape index (κ3) is 10.8. The summed E-state index contributed by atoms with van der Waals surface area (Å²) in [6.07, 6.45) is 9.60. The maximum Gasteiger partial charge on any atom is 0.222 e. The predicted molar refractivity (Wildman–Crippen MR) is 119 cm³/mol. The Hall–Kier alpha value is -1.24. The van der Waals surface area contributed by atoms with Crippen molar-refractivity contribution in [1.82, 2.24) is 0 Å². The molecule has 2 rings (SSSR count). The first-order valence-corrected chi connectivity index (χ1v) is 12.5. The number of unbranched alkanes of at least 4 members (excludes halogenated alkanes) is 5. The molecule has 0 amide bonds. The van der Waals surface area contributed by atoms with E-state index in [1.807, 2.05) is 24.3 Å². The van der Waals surface area contributed by atoms with Crippen LogP contribution in [0.4, 0.5) is 14.5 Å². The zero-order valence-electron chi connectivity index (χ0n) is 18.2. The van der Waals surface area contributed by atoms with Gasteiger partial charge in [-0.25, -0.2) is 17.2 Å². The van der Waals surface area contributed by atoms with Crippen LogP contribution in [0, 0.1) is 17.7 Å². The van der Waals surface area contributed by atoms with Crippen molar-refractivity contribution in [1.29, 1.82) is 0 Å². The Labute approximate surface area is 201 Å². The van der Waals surface area contributed by atoms with Gasteiger partial charge >= 0.3 is 0 Å². The van der Waals surface area contributed by atoms with E-state index in [2.05, 4.69) is 23.8 Å². The van der Waals surface area contributed by atoms with Crippen LogP contribution in [0.25, 0.3) is 0 Å². The quantitative estimate of drug-likeness (QED) is 0.182. The standard InChI is InChI=1S/C24H32F2NO2S.Ti/c1-2-3-4-5-6-8-12-21(20-13-9-7-10-14-20)15-11-18-30(28,29)27-24-17-16-22(25)19-23(24)26;/h7,9-10,13-14,16-17,21,27H,2-6,8,11-12,15,18H2,1H3;/q-1;. The predicted octanol–water partition coefficient (Wildman–Crippen LogP) is 6.82. The minimum absolute atomic E-state index is 0. The molecule has 0 saturated carbocycles. The average molecular weight is 484 g/mol. The molecule has 0 saturated heterocycles. The number of benzene rings is 2. The monoisotopic (exact) mass is 484 g/mol. The second-order valence-electron chi connectivity index (χ2n) is 7.76. The van der Waals surface area contributed by atoms with E-state index >= 15 is 0 Å². The molecule has 0 heterocycles. The van der Waals surface area contributed by atoms with Crippen LogP contribution in [0.1, 0.15) is 76.2 Å². The van der Waals surface area contributed by atoms with E-state index in [1.54, 1.807) is 0 Å². The van der Waals surface area contributed by atoms with Gasteiger partial charge < -0.3 is 4.72 Å². The van der Waals surface area contributed by atoms with Gasteiger partial charge in [0, 0.05) is 33.4 Å². The van der Waals surface area contributed by atoms with Crippen molar-refractivity contribution in [2.75, 3.05) is 10.5 Å². The number of sulfonamides is 1. The Morgan fingerprint density at radius 3 is 2.23 bits per heavy atom. The second-order valence-corrected chi connectivity index (χ2v) is 9.60. The SMILES string of the molecule is CCCCCCCCC(CCCS(=O)(=O)Nc1ccc(F)[c-]c1F)c1ccccc1.[Ti]. The van der Waals surface area contributed by atoms with E-state index < -0.39 is 21.7 Å². The van der Waals surface area contributed by atoms with Crippen LogP contribution in [0.3, 0.4) is 0 Å². The molecule has 0 aliphatic rings. The molecular formula is C24H32F2NO2STi-. The fourth-order valence-electron chi connectivity index (χ4n) is 3.63. The Bertz CT molecular complexity index is 863. The van der Waals surface area contributed by atoms with Crippen molar-refractivity contribution < 1.29 is 38.9 Å². The molecule has 1 N–H and O–H groups in total. The van der Waals surface area contributed by atoms with Gasteiger partial charge in [-0.1, -0.05) is 75.8 Å². The summed E-state index contributed by atoms with van der Waals surface area (Å²) < 4.78 is 53.5. The summed E-state index contributed by atoms with van der Waals surface area (Å²) in [4.78, 5) is 0. The fraction of sp³-hybridized carbons (Fsp3) is 0.500. The van der Waals surface area contributed by atoms with E-state index in [1.165, 1.54) is 37.7 Å². The zero-order chi connectivity index (χ0) is 21.8. The molecule has 2 aromatic carbocycles. The number of rotatable bonds is 14. The molecule has 7 heteroatoms. The molecule has 170 valence electrons. The van der Waals surface area contributed by atoms with Gasteiger partial charge in [0.15, 0.2) is 0 Å². The fourth-order valence-corrected chi connectivity index (χ4v) is 4.78. The summed E-state index contributed by atoms with van der Waals surface area (Å²) in [5.41, 5.74) is 0.957. The van der Waals surface area contributed by atoms with E-state index in [9.17, 15) is 17.2 Å². The summed E-state index contributed by atoms with van der Waals surface area (Å²) in [6.45, 7) is 2.21. The van der Waals surface area contributed by atoms with Crippen molar-refractivity contribution in [3.05, 3.63) is 65.7 Å². The maximum absolute atomic E-state index is 13.7. The molecule has 0 spiro atoms. The molecule has 31 heavy (non-hydrogen) atoms. The smallest absolute Gasteiger partial charge is 0.222 e. The Morgan fingerprint density at radius 1 is 0.903 bits per heavy atom. The first-order chi connectivity index (χ1) is 14.4. The van der Waals surface area contributed by atoms with Crippen molar-refractivity contribution >= 4 is 15.7 Å². The summed E-state index contributed by atoms with van der Waals surface area (Å²) >= 11 is 0. The van der Waals surface area contributed by atoms with Crippen molar-refractivity contribution in [2.24, 2.45) is 0 Å². The zero-order valence-corrected chi connectivity index (χ0v) is 20.5. The number of hydrogen-bond acceptors (Lipinski definition) is 2. The average Bonchev–Trinajstić information content (AvgIpc) is 2.72. The molecule has 0 radical (unpaired) electrons. The number of nitrogens with one attached hydrogen (secondary N) is 1. The van der Waals surface area contributed by atoms with Crippen LogP contribution in [0.15, 0.2) is 42.5 Å². The Kier molecular flexibility index (Phi) is 13.2. The van der Waals surface area contributed by atoms with Crippen molar-refractivity contribution in [3.63, 3.8) is 0 Å². The summed E-state index contributed by atoms with van der Waals surface area (Å²) in [5, 5.41) is 0. The van der Waals surface area contributed by atoms with E-state index in [0.29, 0.717) is 12.3 Å². The van der Waals surface area contributed by atoms with Crippen molar-refractivity contribution in [3.8, 4) is 0 Å². The third-order valence-corrected chi connectivity index (χ3v) is 6.63. The number of halogens is 2. The second kappa shape index (κ2) is 14.8. The molecule has 0 aliphatic carbocycles. The first kappa shape index (κ1) is 27.8. The summed E-state index contributed by atoms with van der Waals surface area (Å²) in [6, 6.07) is 14.1. The number of hydrogen-bond donors (Lipinski definition) is 1. The van der Waals surface area contributed by atoms with Gasteiger partial charge in [-0.15, -0.1) is 18.2 Å². The van der Waals surface area contributed by atoms with Crippen LogP contribution < -0.4 is 4.72 Å². The van der Waals surface area contributed by atoms with Gasteiger partial charge in [-0.2, -0.15) is 0 Å². The number of anilines is 1. The summed E-state index contributed by atoms with van der Waals surface area (Å²) in [7, 11) is -3.72. The molecule has 1 unspecified atom stereocenters. The van der Waals surface area contributed by atoms with Crippen LogP contribution >= 0.6 is 0 Å². The molecule has 1 atom stereocenters. The summed E-state index contributed by atoms with van der Waals surface area (Å²) in [5.74, 6) is -1.70. The van der Waals surface area contributed by atoms with Gasteiger partial charge in [-0.3, -0.25) is 0 Å². The van der Waals surface area contributed by atoms with Crippen LogP contribution in [0.2, 0.25) is 0 Å². The van der Waals surface area contributed by atoms with E-state index in [4.69, 9.17) is 0 Å². The van der Waals surface area contributed by atoms with Gasteiger partial charge in [-0.05, 0) is 36.4 Å². The molecule has 0 aliphatic heterocycles. The molecule has 3 nitrogen and oxygen atoms in total. The van der Waals surface area contributed by atoms with Gasteiger partial charge in [0.2, 0.25) is 10.0 Å². The molecule has 0 bridgehead atoms. The molecular weight excluding hydrogens is 452 g/mol. The van der Waals surface area contributed by atoms with Gasteiger partial charge in [0.05, 0.1) is 5.75 Å². The van der Waals surface area contributed by atoms with Gasteiger partial charge in [0.25, 0.3) is 0 Å². The largest absolute Gasteiger partial charge is 0.334 e. The van der Waals surface area contributed by atoms with E-state index in [0.717, 1.165) is 31.4 Å². The van der Waals surface area contributed by atoms with Crippen molar-refractivity contribution in [2.45, 2.75) is 70.6 Å². The Morgan fingerprint density at radius 2 is 1.55 bits per heavy atom. The van der Waals surface area contributed by atoms with Gasteiger partial charge in [0.1, 0.15) is 0 Å². The maximum atomic E-state index is 13.7. The normalized spacial score (nSPS) is 12.2. The molecule has 0 fully saturated rings. The minimum Gasteiger partial charge on any atom is -0.334 e. The van der Waals surface area contributed by atoms with Crippen LogP contribution in [0.5, 0.6) is 0 Å².